The largest absolute Gasteiger partial charge is 0.573 e. The quantitative estimate of drug-likeness (QED) is 0.365. The lowest BCUT2D eigenvalue weighted by molar-refractivity contribution is -0.838. The summed E-state index contributed by atoms with van der Waals surface area (Å²) < 4.78 is 71.8. The average molecular weight is 564 g/mol. The highest BCUT2D eigenvalue weighted by molar-refractivity contribution is 7.91. The van der Waals surface area contributed by atoms with Gasteiger partial charge in [-0.1, -0.05) is 17.3 Å². The van der Waals surface area contributed by atoms with Crippen LogP contribution < -0.4 is 9.64 Å². The molecule has 0 radical (unpaired) electrons. The Morgan fingerprint density at radius 2 is 1.79 bits per heavy atom. The highest BCUT2D eigenvalue weighted by atomic mass is 32.2. The van der Waals surface area contributed by atoms with Crippen LogP contribution in [0.3, 0.4) is 0 Å². The number of ether oxygens (including phenoxy) is 1. The standard InChI is InChI=1S/C25H25F3N6O4S/c1-16-29-23(24-30-22(32-38-24)18-6-8-20(9-7-18)37-25(26,27)28)31-34(16)15-17-4-3-5-19(14-17)33-12-10-21(11-13-33)39(2,35)36/h3-9,14,21H,10-13,15H2,1-2H3/p+1. The molecule has 0 spiro atoms. The van der Waals surface area contributed by atoms with Gasteiger partial charge in [-0.15, -0.1) is 18.3 Å². The van der Waals surface area contributed by atoms with E-state index in [0.29, 0.717) is 30.8 Å². The molecule has 0 aliphatic carbocycles. The molecule has 0 saturated carbocycles. The van der Waals surface area contributed by atoms with Crippen LogP contribution in [-0.4, -0.2) is 64.3 Å². The summed E-state index contributed by atoms with van der Waals surface area (Å²) in [4.78, 5) is 9.97. The van der Waals surface area contributed by atoms with Gasteiger partial charge in [-0.25, -0.2) is 18.1 Å². The SMILES string of the molecule is Cc1nc(-c2nc(-c3ccc(OC(F)(F)F)cc3)no2)nn1Cc1cccc([NH+]2CCC(S(C)(=O)=O)CC2)c1. The van der Waals surface area contributed by atoms with Crippen LogP contribution in [-0.2, 0) is 16.4 Å². The third-order valence-corrected chi connectivity index (χ3v) is 8.31. The average Bonchev–Trinajstić information content (AvgIpc) is 3.51. The van der Waals surface area contributed by atoms with Crippen LogP contribution in [0.2, 0.25) is 0 Å². The number of nitrogens with one attached hydrogen (secondary N) is 1. The van der Waals surface area contributed by atoms with E-state index in [2.05, 4.69) is 31.0 Å². The molecule has 10 nitrogen and oxygen atoms in total. The van der Waals surface area contributed by atoms with Crippen LogP contribution >= 0.6 is 0 Å². The fraction of sp³-hybridized carbons (Fsp3) is 0.360. The van der Waals surface area contributed by atoms with Crippen LogP contribution in [0.15, 0.2) is 53.1 Å². The van der Waals surface area contributed by atoms with Crippen molar-refractivity contribution in [1.29, 1.82) is 0 Å². The number of piperidine rings is 1. The molecular weight excluding hydrogens is 537 g/mol. The maximum absolute atomic E-state index is 12.4. The van der Waals surface area contributed by atoms with Crippen molar-refractivity contribution in [1.82, 2.24) is 24.9 Å². The predicted octanol–water partition coefficient (Wildman–Crippen LogP) is 2.97. The summed E-state index contributed by atoms with van der Waals surface area (Å²) in [6.07, 6.45) is -2.19. The molecule has 1 fully saturated rings. The Kier molecular flexibility index (Phi) is 7.16. The molecular formula is C25H26F3N6O4S+. The molecule has 206 valence electrons. The number of rotatable bonds is 7. The maximum Gasteiger partial charge on any atom is 0.573 e. The van der Waals surface area contributed by atoms with E-state index >= 15 is 0 Å². The van der Waals surface area contributed by atoms with Gasteiger partial charge in [0, 0.05) is 30.7 Å². The second kappa shape index (κ2) is 10.4. The summed E-state index contributed by atoms with van der Waals surface area (Å²) in [6, 6.07) is 13.2. The van der Waals surface area contributed by atoms with E-state index in [4.69, 9.17) is 4.52 Å². The smallest absolute Gasteiger partial charge is 0.406 e. The van der Waals surface area contributed by atoms with Crippen LogP contribution in [0.4, 0.5) is 18.9 Å². The first kappa shape index (κ1) is 26.8. The summed E-state index contributed by atoms with van der Waals surface area (Å²) in [7, 11) is -3.02. The number of aryl methyl sites for hydroxylation is 1. The molecule has 3 heterocycles. The highest BCUT2D eigenvalue weighted by Gasteiger charge is 2.31. The van der Waals surface area contributed by atoms with Gasteiger partial charge in [0.1, 0.15) is 17.3 Å². The molecule has 1 N–H and O–H groups in total. The van der Waals surface area contributed by atoms with Crippen molar-refractivity contribution in [3.05, 3.63) is 59.9 Å². The summed E-state index contributed by atoms with van der Waals surface area (Å²) in [5.74, 6) is 0.760. The van der Waals surface area contributed by atoms with Gasteiger partial charge in [0.15, 0.2) is 9.84 Å². The molecule has 14 heteroatoms. The van der Waals surface area contributed by atoms with Crippen LogP contribution in [0.1, 0.15) is 24.2 Å². The molecule has 5 rings (SSSR count). The molecule has 0 bridgehead atoms. The Labute approximate surface area is 222 Å². The van der Waals surface area contributed by atoms with Gasteiger partial charge < -0.3 is 14.2 Å². The molecule has 0 unspecified atom stereocenters. The fourth-order valence-electron chi connectivity index (χ4n) is 4.62. The van der Waals surface area contributed by atoms with Gasteiger partial charge in [-0.2, -0.15) is 4.98 Å². The summed E-state index contributed by atoms with van der Waals surface area (Å²) in [6.45, 7) is 3.77. The van der Waals surface area contributed by atoms with Crippen molar-refractivity contribution in [2.24, 2.45) is 0 Å². The zero-order valence-corrected chi connectivity index (χ0v) is 22.0. The zero-order valence-electron chi connectivity index (χ0n) is 21.1. The van der Waals surface area contributed by atoms with Crippen molar-refractivity contribution in [2.45, 2.75) is 37.9 Å². The first-order valence-corrected chi connectivity index (χ1v) is 14.1. The molecule has 4 aromatic rings. The molecule has 0 amide bonds. The Bertz CT molecular complexity index is 1560. The van der Waals surface area contributed by atoms with Gasteiger partial charge in [0.05, 0.1) is 24.9 Å². The zero-order chi connectivity index (χ0) is 27.8. The van der Waals surface area contributed by atoms with E-state index < -0.39 is 16.2 Å². The molecule has 2 aromatic heterocycles. The van der Waals surface area contributed by atoms with Crippen molar-refractivity contribution in [2.75, 3.05) is 19.3 Å². The van der Waals surface area contributed by atoms with Gasteiger partial charge in [0.25, 0.3) is 5.89 Å². The van der Waals surface area contributed by atoms with Crippen molar-refractivity contribution in [3.63, 3.8) is 0 Å². The third kappa shape index (κ3) is 6.45. The van der Waals surface area contributed by atoms with Gasteiger partial charge in [-0.3, -0.25) is 0 Å². The maximum atomic E-state index is 12.4. The highest BCUT2D eigenvalue weighted by Crippen LogP contribution is 2.26. The summed E-state index contributed by atoms with van der Waals surface area (Å²) in [5.41, 5.74) is 2.55. The number of halogens is 3. The molecule has 39 heavy (non-hydrogen) atoms. The fourth-order valence-corrected chi connectivity index (χ4v) is 5.71. The molecule has 1 aliphatic heterocycles. The van der Waals surface area contributed by atoms with Crippen molar-refractivity contribution >= 4 is 15.5 Å². The minimum atomic E-state index is -4.77. The second-order valence-electron chi connectivity index (χ2n) is 9.47. The topological polar surface area (TPSA) is 117 Å². The van der Waals surface area contributed by atoms with Crippen LogP contribution in [0.5, 0.6) is 5.75 Å². The van der Waals surface area contributed by atoms with E-state index in [-0.39, 0.29) is 28.5 Å². The van der Waals surface area contributed by atoms with Crippen LogP contribution in [0, 0.1) is 6.92 Å². The Morgan fingerprint density at radius 1 is 1.08 bits per heavy atom. The minimum Gasteiger partial charge on any atom is -0.406 e. The number of aromatic nitrogens is 5. The first-order chi connectivity index (χ1) is 18.4. The summed E-state index contributed by atoms with van der Waals surface area (Å²) >= 11 is 0. The van der Waals surface area contributed by atoms with E-state index in [1.165, 1.54) is 35.4 Å². The van der Waals surface area contributed by atoms with E-state index in [9.17, 15) is 21.6 Å². The normalized spacial score (nSPS) is 18.3. The van der Waals surface area contributed by atoms with Gasteiger partial charge in [-0.05, 0) is 42.8 Å². The van der Waals surface area contributed by atoms with Crippen molar-refractivity contribution < 1.29 is 35.7 Å². The number of quaternary nitrogens is 1. The number of benzene rings is 2. The number of hydrogen-bond acceptors (Lipinski definition) is 8. The van der Waals surface area contributed by atoms with Gasteiger partial charge in [0.2, 0.25) is 11.6 Å². The minimum absolute atomic E-state index is 0.0782. The molecule has 1 saturated heterocycles. The second-order valence-corrected chi connectivity index (χ2v) is 11.8. The monoisotopic (exact) mass is 563 g/mol. The number of sulfone groups is 1. The van der Waals surface area contributed by atoms with E-state index in [0.717, 1.165) is 24.3 Å². The Hall–Kier alpha value is -3.78. The molecule has 0 atom stereocenters. The predicted molar refractivity (Wildman–Crippen MR) is 134 cm³/mol. The summed E-state index contributed by atoms with van der Waals surface area (Å²) in [5, 5.41) is 8.13. The lowest BCUT2D eigenvalue weighted by Crippen LogP contribution is -3.08. The molecule has 2 aromatic carbocycles. The lowest BCUT2D eigenvalue weighted by atomic mass is 10.1. The number of hydrogen-bond donors (Lipinski definition) is 1. The Balaban J connectivity index is 1.27. The van der Waals surface area contributed by atoms with E-state index in [1.807, 2.05) is 18.2 Å². The first-order valence-electron chi connectivity index (χ1n) is 12.2. The number of alkyl halides is 3. The Morgan fingerprint density at radius 3 is 2.46 bits per heavy atom. The van der Waals surface area contributed by atoms with Crippen LogP contribution in [0.25, 0.3) is 23.1 Å². The van der Waals surface area contributed by atoms with Gasteiger partial charge >= 0.3 is 6.36 Å². The van der Waals surface area contributed by atoms with E-state index in [1.54, 1.807) is 11.6 Å². The molecule has 1 aliphatic rings. The lowest BCUT2D eigenvalue weighted by Gasteiger charge is -2.28. The number of nitrogens with zero attached hydrogens (tertiary/aromatic N) is 5. The third-order valence-electron chi connectivity index (χ3n) is 6.63. The van der Waals surface area contributed by atoms with Crippen molar-refractivity contribution in [3.8, 4) is 28.9 Å².